The van der Waals surface area contributed by atoms with E-state index >= 15 is 0 Å². The second-order valence-corrected chi connectivity index (χ2v) is 4.89. The Kier molecular flexibility index (Phi) is 4.95. The van der Waals surface area contributed by atoms with Crippen LogP contribution in [0.15, 0.2) is 53.4 Å². The van der Waals surface area contributed by atoms with Gasteiger partial charge in [0.25, 0.3) is 0 Å². The summed E-state index contributed by atoms with van der Waals surface area (Å²) in [6.45, 7) is 0. The van der Waals surface area contributed by atoms with E-state index in [-0.39, 0.29) is 45.7 Å². The zero-order valence-corrected chi connectivity index (χ0v) is 12.6. The average molecular weight is 271 g/mol. The monoisotopic (exact) mass is 271 g/mol. The van der Waals surface area contributed by atoms with Crippen molar-refractivity contribution in [2.45, 2.75) is 4.90 Å². The molecule has 0 amide bonds. The van der Waals surface area contributed by atoms with E-state index in [9.17, 15) is 13.0 Å². The zero-order chi connectivity index (χ0) is 12.5. The number of hydrogen-bond acceptors (Lipinski definition) is 4. The van der Waals surface area contributed by atoms with Crippen LogP contribution >= 0.6 is 0 Å². The van der Waals surface area contributed by atoms with Gasteiger partial charge in [0.05, 0.1) is 4.90 Å². The molecule has 0 aromatic heterocycles. The fourth-order valence-corrected chi connectivity index (χ4v) is 2.40. The van der Waals surface area contributed by atoms with Crippen LogP contribution in [0.1, 0.15) is 0 Å². The summed E-state index contributed by atoms with van der Waals surface area (Å²) in [7, 11) is -4.53. The van der Waals surface area contributed by atoms with E-state index in [0.29, 0.717) is 5.56 Å². The smallest absolute Gasteiger partial charge is 0.744 e. The normalized spacial score (nSPS) is 10.7. The largest absolute Gasteiger partial charge is 1.00 e. The first-order valence-electron chi connectivity index (χ1n) is 4.90. The van der Waals surface area contributed by atoms with Gasteiger partial charge in [0.1, 0.15) is 10.1 Å². The van der Waals surface area contributed by atoms with Gasteiger partial charge in [-0.05, 0) is 17.7 Å². The Labute approximate surface area is 128 Å². The van der Waals surface area contributed by atoms with Crippen LogP contribution in [0.3, 0.4) is 0 Å². The molecule has 6 heteroatoms. The van der Waals surface area contributed by atoms with Crippen LogP contribution in [0.5, 0.6) is 0 Å². The summed E-state index contributed by atoms with van der Waals surface area (Å²) in [5.74, 6) is 0. The minimum atomic E-state index is -4.53. The van der Waals surface area contributed by atoms with Crippen molar-refractivity contribution < 1.29 is 42.5 Å². The van der Waals surface area contributed by atoms with Gasteiger partial charge in [-0.15, -0.1) is 0 Å². The molecule has 0 radical (unpaired) electrons. The third-order valence-electron chi connectivity index (χ3n) is 2.39. The molecule has 0 atom stereocenters. The molecule has 0 bridgehead atoms. The number of rotatable bonds is 2. The van der Waals surface area contributed by atoms with Crippen LogP contribution in [0.25, 0.3) is 11.1 Å². The fraction of sp³-hybridized carbons (Fsp3) is 0. The fourth-order valence-electron chi connectivity index (χ4n) is 1.67. The van der Waals surface area contributed by atoms with E-state index in [1.165, 1.54) is 12.1 Å². The summed E-state index contributed by atoms with van der Waals surface area (Å²) in [6, 6.07) is 13.0. The van der Waals surface area contributed by atoms with Crippen LogP contribution in [0, 0.1) is 0 Å². The van der Waals surface area contributed by atoms with Gasteiger partial charge in [0, 0.05) is 11.3 Å². The molecule has 0 saturated carbocycles. The van der Waals surface area contributed by atoms with Crippen LogP contribution in [-0.4, -0.2) is 13.0 Å². The van der Waals surface area contributed by atoms with E-state index in [1.807, 2.05) is 0 Å². The Morgan fingerprint density at radius 1 is 0.944 bits per heavy atom. The first-order chi connectivity index (χ1) is 8.00. The summed E-state index contributed by atoms with van der Waals surface area (Å²) < 4.78 is 33.5. The molecule has 88 valence electrons. The molecular weight excluding hydrogens is 261 g/mol. The quantitative estimate of drug-likeness (QED) is 0.424. The second-order valence-electron chi connectivity index (χ2n) is 3.54. The maximum atomic E-state index is 11.2. The van der Waals surface area contributed by atoms with Gasteiger partial charge in [-0.2, -0.15) is 0 Å². The average Bonchev–Trinajstić information content (AvgIpc) is 2.28. The molecule has 0 aliphatic heterocycles. The van der Waals surface area contributed by atoms with Crippen molar-refractivity contribution in [3.05, 3.63) is 48.5 Å². The van der Waals surface area contributed by atoms with Crippen LogP contribution in [0.4, 0.5) is 5.69 Å². The molecule has 0 aliphatic carbocycles. The van der Waals surface area contributed by atoms with E-state index in [2.05, 4.69) is 0 Å². The maximum Gasteiger partial charge on any atom is 1.00 e. The predicted molar refractivity (Wildman–Crippen MR) is 64.3 cm³/mol. The van der Waals surface area contributed by atoms with Crippen molar-refractivity contribution in [1.29, 1.82) is 0 Å². The summed E-state index contributed by atoms with van der Waals surface area (Å²) in [6.07, 6.45) is 0. The Morgan fingerprint density at radius 3 is 2.11 bits per heavy atom. The summed E-state index contributed by atoms with van der Waals surface area (Å²) in [5, 5.41) is 0. The molecule has 0 unspecified atom stereocenters. The molecule has 0 heterocycles. The molecule has 0 saturated heterocycles. The van der Waals surface area contributed by atoms with Crippen molar-refractivity contribution in [1.82, 2.24) is 0 Å². The number of benzene rings is 2. The van der Waals surface area contributed by atoms with Crippen molar-refractivity contribution in [3.63, 3.8) is 0 Å². The van der Waals surface area contributed by atoms with E-state index in [0.717, 1.165) is 0 Å². The number of nitrogen functional groups attached to an aromatic ring is 1. The predicted octanol–water partition coefficient (Wildman–Crippen LogP) is -1.16. The van der Waals surface area contributed by atoms with Gasteiger partial charge in [-0.3, -0.25) is 0 Å². The molecule has 0 aliphatic rings. The van der Waals surface area contributed by atoms with Gasteiger partial charge >= 0.3 is 29.6 Å². The molecule has 2 aromatic carbocycles. The van der Waals surface area contributed by atoms with E-state index < -0.39 is 10.1 Å². The van der Waals surface area contributed by atoms with Crippen molar-refractivity contribution in [3.8, 4) is 11.1 Å². The van der Waals surface area contributed by atoms with Gasteiger partial charge in [0.15, 0.2) is 0 Å². The molecule has 18 heavy (non-hydrogen) atoms. The molecular formula is C12H10NNaO3S. The molecule has 4 nitrogen and oxygen atoms in total. The Bertz CT molecular complexity index is 642. The Hall–Kier alpha value is -0.850. The van der Waals surface area contributed by atoms with Gasteiger partial charge < -0.3 is 10.3 Å². The molecule has 0 spiro atoms. The van der Waals surface area contributed by atoms with Gasteiger partial charge in [0.2, 0.25) is 0 Å². The topological polar surface area (TPSA) is 83.2 Å². The van der Waals surface area contributed by atoms with Gasteiger partial charge in [-0.1, -0.05) is 36.4 Å². The first kappa shape index (κ1) is 15.2. The summed E-state index contributed by atoms with van der Waals surface area (Å²) >= 11 is 0. The van der Waals surface area contributed by atoms with Crippen LogP contribution in [0.2, 0.25) is 0 Å². The standard InChI is InChI=1S/C12H11NO3S.Na/c13-10-7-4-8-11(17(14,15)16)12(10)9-5-2-1-3-6-9;/h1-8H,13H2,(H,14,15,16);/q;+1/p-1. The van der Waals surface area contributed by atoms with E-state index in [4.69, 9.17) is 5.73 Å². The van der Waals surface area contributed by atoms with Crippen LogP contribution < -0.4 is 35.3 Å². The third kappa shape index (κ3) is 3.13. The van der Waals surface area contributed by atoms with Crippen molar-refractivity contribution in [2.75, 3.05) is 5.73 Å². The minimum absolute atomic E-state index is 0. The second kappa shape index (κ2) is 5.86. The zero-order valence-electron chi connectivity index (χ0n) is 9.83. The number of nitrogens with two attached hydrogens (primary N) is 1. The number of hydrogen-bond donors (Lipinski definition) is 1. The SMILES string of the molecule is Nc1cccc(S(=O)(=O)[O-])c1-c1ccccc1.[Na+]. The van der Waals surface area contributed by atoms with Crippen molar-refractivity contribution >= 4 is 15.8 Å². The van der Waals surface area contributed by atoms with E-state index in [1.54, 1.807) is 36.4 Å². The van der Waals surface area contributed by atoms with Gasteiger partial charge in [-0.25, -0.2) is 8.42 Å². The Morgan fingerprint density at radius 2 is 1.56 bits per heavy atom. The third-order valence-corrected chi connectivity index (χ3v) is 3.27. The maximum absolute atomic E-state index is 11.2. The first-order valence-corrected chi connectivity index (χ1v) is 6.31. The molecule has 2 rings (SSSR count). The molecule has 2 N–H and O–H groups in total. The molecule has 2 aromatic rings. The minimum Gasteiger partial charge on any atom is -0.744 e. The van der Waals surface area contributed by atoms with Crippen molar-refractivity contribution in [2.24, 2.45) is 0 Å². The number of anilines is 1. The molecule has 0 fully saturated rings. The Balaban J connectivity index is 0.00000162. The summed E-state index contributed by atoms with van der Waals surface area (Å²) in [4.78, 5) is -0.288. The summed E-state index contributed by atoms with van der Waals surface area (Å²) in [5.41, 5.74) is 6.90. The van der Waals surface area contributed by atoms with Crippen LogP contribution in [-0.2, 0) is 10.1 Å².